The van der Waals surface area contributed by atoms with Gasteiger partial charge in [-0.1, -0.05) is 0 Å². The number of carboxylic acids is 1. The average molecular weight is 900 g/mol. The molecular formula is C43H81N9O11. The van der Waals surface area contributed by atoms with Crippen LogP contribution in [0.25, 0.3) is 0 Å². The molecule has 4 amide bonds. The van der Waals surface area contributed by atoms with E-state index in [1.54, 1.807) is 9.80 Å². The Morgan fingerprint density at radius 1 is 0.508 bits per heavy atom. The lowest BCUT2D eigenvalue weighted by atomic mass is 10.2. The van der Waals surface area contributed by atoms with Crippen molar-refractivity contribution in [3.05, 3.63) is 0 Å². The molecule has 364 valence electrons. The second kappa shape index (κ2) is 27.2. The lowest BCUT2D eigenvalue weighted by molar-refractivity contribution is -0.139. The maximum Gasteiger partial charge on any atom is 0.410 e. The minimum atomic E-state index is -0.840. The average Bonchev–Trinajstić information content (AvgIpc) is 3.23. The van der Waals surface area contributed by atoms with Crippen LogP contribution in [-0.2, 0) is 38.1 Å². The molecule has 6 heterocycles. The van der Waals surface area contributed by atoms with Crippen LogP contribution < -0.4 is 10.6 Å². The summed E-state index contributed by atoms with van der Waals surface area (Å²) in [7, 11) is 0. The van der Waals surface area contributed by atoms with Gasteiger partial charge < -0.3 is 59.0 Å². The van der Waals surface area contributed by atoms with E-state index in [0.717, 1.165) is 59.0 Å². The number of carboxylic acid groups (broad SMARTS) is 1. The van der Waals surface area contributed by atoms with Crippen molar-refractivity contribution >= 4 is 30.0 Å². The number of hydrogen-bond acceptors (Lipinski definition) is 15. The Hall–Kier alpha value is -3.37. The van der Waals surface area contributed by atoms with Crippen LogP contribution in [-0.4, -0.2) is 256 Å². The first-order valence-electron chi connectivity index (χ1n) is 22.8. The molecule has 6 rings (SSSR count). The number of ether oxygens (including phenoxy) is 5. The molecule has 20 nitrogen and oxygen atoms in total. The topological polar surface area (TPSA) is 198 Å². The summed E-state index contributed by atoms with van der Waals surface area (Å²) < 4.78 is 26.2. The van der Waals surface area contributed by atoms with E-state index in [1.807, 2.05) is 70.1 Å². The molecule has 0 bridgehead atoms. The lowest BCUT2D eigenvalue weighted by Crippen LogP contribution is -2.57. The van der Waals surface area contributed by atoms with Crippen LogP contribution in [0.4, 0.5) is 9.59 Å². The monoisotopic (exact) mass is 900 g/mol. The van der Waals surface area contributed by atoms with Crippen LogP contribution in [0.15, 0.2) is 0 Å². The summed E-state index contributed by atoms with van der Waals surface area (Å²) in [6, 6.07) is 0.627. The fourth-order valence-electron chi connectivity index (χ4n) is 7.43. The van der Waals surface area contributed by atoms with Gasteiger partial charge in [-0.15, -0.1) is 0 Å². The summed E-state index contributed by atoms with van der Waals surface area (Å²) in [6.07, 6.45) is -0.604. The summed E-state index contributed by atoms with van der Waals surface area (Å²) in [5.41, 5.74) is -0.984. The van der Waals surface area contributed by atoms with E-state index in [1.165, 1.54) is 0 Å². The fourth-order valence-corrected chi connectivity index (χ4v) is 7.43. The van der Waals surface area contributed by atoms with E-state index in [2.05, 4.69) is 27.4 Å². The van der Waals surface area contributed by atoms with Crippen LogP contribution in [0.5, 0.6) is 0 Å². The van der Waals surface area contributed by atoms with Gasteiger partial charge in [-0.2, -0.15) is 0 Å². The molecule has 0 spiro atoms. The van der Waals surface area contributed by atoms with Gasteiger partial charge in [-0.25, -0.2) is 9.59 Å². The molecule has 6 aliphatic heterocycles. The predicted octanol–water partition coefficient (Wildman–Crippen LogP) is 0.544. The van der Waals surface area contributed by atoms with Crippen LogP contribution in [0, 0.1) is 0 Å². The first-order valence-corrected chi connectivity index (χ1v) is 22.8. The molecular weight excluding hydrogens is 819 g/mol. The van der Waals surface area contributed by atoms with Crippen molar-refractivity contribution in [2.24, 2.45) is 0 Å². The highest BCUT2D eigenvalue weighted by Crippen LogP contribution is 2.17. The van der Waals surface area contributed by atoms with Crippen LogP contribution in [0.3, 0.4) is 0 Å². The van der Waals surface area contributed by atoms with Gasteiger partial charge in [0.05, 0.1) is 59.3 Å². The van der Waals surface area contributed by atoms with Crippen molar-refractivity contribution in [1.29, 1.82) is 0 Å². The van der Waals surface area contributed by atoms with Gasteiger partial charge in [0, 0.05) is 116 Å². The molecule has 0 aromatic heterocycles. The maximum absolute atomic E-state index is 12.3. The van der Waals surface area contributed by atoms with Crippen molar-refractivity contribution in [3.8, 4) is 0 Å². The molecule has 0 aromatic carbocycles. The summed E-state index contributed by atoms with van der Waals surface area (Å²) in [5.74, 6) is -0.449. The number of amides is 4. The Bertz CT molecular complexity index is 1390. The van der Waals surface area contributed by atoms with E-state index in [0.29, 0.717) is 97.9 Å². The number of aliphatic carboxylic acids is 1. The van der Waals surface area contributed by atoms with E-state index in [9.17, 15) is 24.0 Å². The molecule has 6 saturated heterocycles. The van der Waals surface area contributed by atoms with Crippen LogP contribution in [0.1, 0.15) is 62.3 Å². The summed E-state index contributed by atoms with van der Waals surface area (Å²) in [4.78, 5) is 72.4. The van der Waals surface area contributed by atoms with Crippen molar-refractivity contribution < 1.29 is 52.8 Å². The van der Waals surface area contributed by atoms with E-state index in [4.69, 9.17) is 28.8 Å². The molecule has 6 fully saturated rings. The van der Waals surface area contributed by atoms with Crippen LogP contribution >= 0.6 is 0 Å². The van der Waals surface area contributed by atoms with Crippen molar-refractivity contribution in [3.63, 3.8) is 0 Å². The second-order valence-electron chi connectivity index (χ2n) is 18.8. The molecule has 63 heavy (non-hydrogen) atoms. The van der Waals surface area contributed by atoms with Gasteiger partial charge in [0.1, 0.15) is 11.2 Å². The van der Waals surface area contributed by atoms with E-state index < -0.39 is 17.2 Å². The Morgan fingerprint density at radius 2 is 0.905 bits per heavy atom. The standard InChI is InChI=1S/C16H29N3O4.C12H22N2O4.C11H21N3O2.C4H9NO/c1-13-11-19(15(21)23-16(2,3)4)6-5-18(13)12-14(20)17-7-9-22-10-8-17;1-9-7-14(11(17)18-12(2,3)4)6-5-13(9)8-10(15)16;1-10-8-12-2-3-14(10)9-11(15)13-4-6-16-7-5-13;1-3-6-4-2-5-1/h13H,5-12H2,1-4H3;9H,5-8H2,1-4H3,(H,15,16);10,12H,2-9H2,1H3;5H,1-4H2. The number of morpholine rings is 3. The minimum absolute atomic E-state index is 0.0172. The van der Waals surface area contributed by atoms with Gasteiger partial charge in [0.2, 0.25) is 11.8 Å². The van der Waals surface area contributed by atoms with Gasteiger partial charge in [-0.3, -0.25) is 29.1 Å². The number of rotatable bonds is 6. The number of hydrogen-bond donors (Lipinski definition) is 3. The maximum atomic E-state index is 12.3. The molecule has 0 aliphatic carbocycles. The van der Waals surface area contributed by atoms with Gasteiger partial charge in [0.15, 0.2) is 0 Å². The number of carbonyl (C=O) groups excluding carboxylic acids is 4. The third-order valence-electron chi connectivity index (χ3n) is 11.1. The zero-order valence-corrected chi connectivity index (χ0v) is 39.9. The zero-order chi connectivity index (χ0) is 46.6. The quantitative estimate of drug-likeness (QED) is 0.334. The number of nitrogens with zero attached hydrogens (tertiary/aromatic N) is 7. The molecule has 0 radical (unpaired) electrons. The summed E-state index contributed by atoms with van der Waals surface area (Å²) in [5, 5.41) is 15.3. The molecule has 6 aliphatic rings. The second-order valence-corrected chi connectivity index (χ2v) is 18.8. The predicted molar refractivity (Wildman–Crippen MR) is 238 cm³/mol. The van der Waals surface area contributed by atoms with E-state index in [-0.39, 0.29) is 42.6 Å². The summed E-state index contributed by atoms with van der Waals surface area (Å²) >= 11 is 0. The highest BCUT2D eigenvalue weighted by atomic mass is 16.6. The largest absolute Gasteiger partial charge is 0.480 e. The minimum Gasteiger partial charge on any atom is -0.480 e. The molecule has 3 atom stereocenters. The number of piperazine rings is 3. The molecule has 0 aromatic rings. The SMILES string of the molecule is C1COCCN1.CC1CN(C(=O)OC(C)(C)C)CCN1CC(=O)N1CCOCC1.CC1CN(C(=O)OC(C)(C)C)CCN1CC(=O)O.CC1CNCCN1CC(=O)N1CCOCC1. The van der Waals surface area contributed by atoms with Crippen LogP contribution in [0.2, 0.25) is 0 Å². The first kappa shape index (κ1) is 54.0. The summed E-state index contributed by atoms with van der Waals surface area (Å²) in [6.45, 7) is 33.9. The third kappa shape index (κ3) is 21.4. The Morgan fingerprint density at radius 3 is 1.24 bits per heavy atom. The number of nitrogens with one attached hydrogen (secondary N) is 2. The molecule has 0 saturated carbocycles. The van der Waals surface area contributed by atoms with Gasteiger partial charge in [-0.05, 0) is 62.3 Å². The zero-order valence-electron chi connectivity index (χ0n) is 39.9. The first-order chi connectivity index (χ1) is 29.7. The van der Waals surface area contributed by atoms with Crippen molar-refractivity contribution in [2.45, 2.75) is 91.6 Å². The van der Waals surface area contributed by atoms with Gasteiger partial charge >= 0.3 is 18.2 Å². The Kier molecular flexibility index (Phi) is 23.3. The normalized spacial score (nSPS) is 24.3. The van der Waals surface area contributed by atoms with Crippen molar-refractivity contribution in [1.82, 2.24) is 44.9 Å². The highest BCUT2D eigenvalue weighted by molar-refractivity contribution is 5.79. The Balaban J connectivity index is 0.000000238. The smallest absolute Gasteiger partial charge is 0.410 e. The third-order valence-corrected chi connectivity index (χ3v) is 11.1. The van der Waals surface area contributed by atoms with Gasteiger partial charge in [0.25, 0.3) is 0 Å². The Labute approximate surface area is 376 Å². The molecule has 3 N–H and O–H groups in total. The van der Waals surface area contributed by atoms with E-state index >= 15 is 0 Å². The lowest BCUT2D eigenvalue weighted by Gasteiger charge is -2.40. The molecule has 3 unspecified atom stereocenters. The van der Waals surface area contributed by atoms with Crippen molar-refractivity contribution in [2.75, 3.05) is 157 Å². The molecule has 20 heteroatoms. The highest BCUT2D eigenvalue weighted by Gasteiger charge is 2.33. The number of carbonyl (C=O) groups is 5. The fraction of sp³-hybridized carbons (Fsp3) is 0.884.